The molecule has 130 valence electrons. The third-order valence-corrected chi connectivity index (χ3v) is 4.61. The lowest BCUT2D eigenvalue weighted by atomic mass is 10.1. The van der Waals surface area contributed by atoms with Crippen LogP contribution in [0.1, 0.15) is 17.5 Å². The number of halogens is 1. The molecule has 1 amide bonds. The van der Waals surface area contributed by atoms with Crippen LogP contribution in [0.3, 0.4) is 0 Å². The van der Waals surface area contributed by atoms with Gasteiger partial charge in [0.05, 0.1) is 30.5 Å². The van der Waals surface area contributed by atoms with E-state index >= 15 is 0 Å². The highest BCUT2D eigenvalue weighted by Gasteiger charge is 2.17. The molecule has 2 aromatic carbocycles. The minimum atomic E-state index is -0.0890. The Labute approximate surface area is 156 Å². The van der Waals surface area contributed by atoms with Crippen molar-refractivity contribution >= 4 is 34.6 Å². The van der Waals surface area contributed by atoms with Crippen LogP contribution >= 0.6 is 11.6 Å². The van der Waals surface area contributed by atoms with Crippen LogP contribution in [0.2, 0.25) is 5.02 Å². The van der Waals surface area contributed by atoms with Gasteiger partial charge in [-0.2, -0.15) is 5.10 Å². The Morgan fingerprint density at radius 2 is 1.96 bits per heavy atom. The van der Waals surface area contributed by atoms with Gasteiger partial charge in [0.2, 0.25) is 5.91 Å². The highest BCUT2D eigenvalue weighted by Crippen LogP contribution is 2.27. The number of para-hydroxylation sites is 1. The number of nitrogens with one attached hydrogen (secondary N) is 1. The summed E-state index contributed by atoms with van der Waals surface area (Å²) in [4.78, 5) is 16.8. The van der Waals surface area contributed by atoms with Crippen molar-refractivity contribution < 1.29 is 4.79 Å². The van der Waals surface area contributed by atoms with Crippen molar-refractivity contribution in [1.29, 1.82) is 0 Å². The smallest absolute Gasteiger partial charge is 0.230 e. The summed E-state index contributed by atoms with van der Waals surface area (Å²) in [5, 5.41) is 7.86. The number of hydrogen-bond acceptors (Lipinski definition) is 3. The molecule has 0 spiro atoms. The Balaban J connectivity index is 1.36. The van der Waals surface area contributed by atoms with Crippen molar-refractivity contribution in [3.05, 3.63) is 77.1 Å². The molecular weight excluding hydrogens is 348 g/mol. The summed E-state index contributed by atoms with van der Waals surface area (Å²) in [6, 6.07) is 15.6. The van der Waals surface area contributed by atoms with Gasteiger partial charge < -0.3 is 5.32 Å². The Kier molecular flexibility index (Phi) is 4.54. The zero-order valence-electron chi connectivity index (χ0n) is 14.0. The standard InChI is InChI=1S/C20H17ClN4O/c21-18-7-3-1-6-15(18)12-25-13-17(11-22-25)24-20(26)10-16-9-14-5-2-4-8-19(14)23-16/h1-8,11,13H,9-10,12H2,(H,24,26). The van der Waals surface area contributed by atoms with Gasteiger partial charge in [0.15, 0.2) is 0 Å². The SMILES string of the molecule is O=C(CC1=Nc2ccccc2C1)Nc1cnn(Cc2ccccc2Cl)c1. The van der Waals surface area contributed by atoms with Crippen LogP contribution in [0.25, 0.3) is 0 Å². The van der Waals surface area contributed by atoms with Gasteiger partial charge in [-0.15, -0.1) is 0 Å². The zero-order valence-corrected chi connectivity index (χ0v) is 14.8. The van der Waals surface area contributed by atoms with Crippen LogP contribution in [0.5, 0.6) is 0 Å². The molecule has 0 aliphatic carbocycles. The van der Waals surface area contributed by atoms with Crippen LogP contribution in [-0.4, -0.2) is 21.4 Å². The number of nitrogens with zero attached hydrogens (tertiary/aromatic N) is 3. The van der Waals surface area contributed by atoms with E-state index < -0.39 is 0 Å². The maximum atomic E-state index is 12.3. The first-order valence-corrected chi connectivity index (χ1v) is 8.75. The van der Waals surface area contributed by atoms with Crippen molar-refractivity contribution in [2.45, 2.75) is 19.4 Å². The van der Waals surface area contributed by atoms with E-state index in [0.29, 0.717) is 17.3 Å². The maximum Gasteiger partial charge on any atom is 0.230 e. The van der Waals surface area contributed by atoms with Gasteiger partial charge in [-0.1, -0.05) is 48.0 Å². The van der Waals surface area contributed by atoms with E-state index in [2.05, 4.69) is 15.4 Å². The monoisotopic (exact) mass is 364 g/mol. The molecule has 2 heterocycles. The maximum absolute atomic E-state index is 12.3. The van der Waals surface area contributed by atoms with Crippen LogP contribution in [-0.2, 0) is 17.8 Å². The average Bonchev–Trinajstić information content (AvgIpc) is 3.22. The van der Waals surface area contributed by atoms with Crippen molar-refractivity contribution in [2.75, 3.05) is 5.32 Å². The average molecular weight is 365 g/mol. The molecule has 0 saturated heterocycles. The quantitative estimate of drug-likeness (QED) is 0.736. The zero-order chi connectivity index (χ0) is 17.9. The number of fused-ring (bicyclic) bond motifs is 1. The van der Waals surface area contributed by atoms with E-state index in [1.807, 2.05) is 48.5 Å². The van der Waals surface area contributed by atoms with Crippen LogP contribution in [0, 0.1) is 0 Å². The highest BCUT2D eigenvalue weighted by molar-refractivity contribution is 6.31. The van der Waals surface area contributed by atoms with Crippen LogP contribution in [0.4, 0.5) is 11.4 Å². The van der Waals surface area contributed by atoms with Gasteiger partial charge in [0.1, 0.15) is 0 Å². The molecule has 4 rings (SSSR count). The van der Waals surface area contributed by atoms with Crippen molar-refractivity contribution in [3.63, 3.8) is 0 Å². The van der Waals surface area contributed by atoms with Crippen molar-refractivity contribution in [3.8, 4) is 0 Å². The van der Waals surface area contributed by atoms with Crippen LogP contribution < -0.4 is 5.32 Å². The molecule has 26 heavy (non-hydrogen) atoms. The molecule has 0 bridgehead atoms. The molecule has 0 fully saturated rings. The number of aromatic nitrogens is 2. The lowest BCUT2D eigenvalue weighted by molar-refractivity contribution is -0.115. The van der Waals surface area contributed by atoms with Crippen molar-refractivity contribution in [2.24, 2.45) is 4.99 Å². The summed E-state index contributed by atoms with van der Waals surface area (Å²) in [6.45, 7) is 0.553. The number of rotatable bonds is 5. The third-order valence-electron chi connectivity index (χ3n) is 4.24. The Hall–Kier alpha value is -2.92. The fourth-order valence-electron chi connectivity index (χ4n) is 3.01. The fraction of sp³-hybridized carbons (Fsp3) is 0.150. The number of carbonyl (C=O) groups is 1. The lowest BCUT2D eigenvalue weighted by Crippen LogP contribution is -2.16. The second kappa shape index (κ2) is 7.14. The summed E-state index contributed by atoms with van der Waals surface area (Å²) in [7, 11) is 0. The number of carbonyl (C=O) groups excluding carboxylic acids is 1. The summed E-state index contributed by atoms with van der Waals surface area (Å²) in [6.07, 6.45) is 4.45. The van der Waals surface area contributed by atoms with E-state index in [1.165, 1.54) is 5.56 Å². The first-order chi connectivity index (χ1) is 12.7. The number of aliphatic imine (C=N–C) groups is 1. The van der Waals surface area contributed by atoms with E-state index in [0.717, 1.165) is 23.4 Å². The highest BCUT2D eigenvalue weighted by atomic mass is 35.5. The van der Waals surface area contributed by atoms with Gasteiger partial charge in [-0.3, -0.25) is 14.5 Å². The number of amides is 1. The summed E-state index contributed by atoms with van der Waals surface area (Å²) in [5.74, 6) is -0.0890. The molecule has 0 unspecified atom stereocenters. The molecule has 6 heteroatoms. The molecule has 0 saturated carbocycles. The summed E-state index contributed by atoms with van der Waals surface area (Å²) < 4.78 is 1.75. The third kappa shape index (κ3) is 3.68. The summed E-state index contributed by atoms with van der Waals surface area (Å²) in [5.41, 5.74) is 4.66. The van der Waals surface area contributed by atoms with Gasteiger partial charge >= 0.3 is 0 Å². The van der Waals surface area contributed by atoms with Crippen LogP contribution in [0.15, 0.2) is 65.9 Å². The van der Waals surface area contributed by atoms with Gasteiger partial charge in [0, 0.05) is 23.4 Å². The molecule has 0 atom stereocenters. The van der Waals surface area contributed by atoms with Gasteiger partial charge in [-0.25, -0.2) is 0 Å². The Bertz CT molecular complexity index is 993. The van der Waals surface area contributed by atoms with Gasteiger partial charge in [-0.05, 0) is 23.3 Å². The predicted molar refractivity (Wildman–Crippen MR) is 103 cm³/mol. The lowest BCUT2D eigenvalue weighted by Gasteiger charge is -2.04. The molecule has 1 N–H and O–H groups in total. The van der Waals surface area contributed by atoms with Gasteiger partial charge in [0.25, 0.3) is 0 Å². The van der Waals surface area contributed by atoms with E-state index in [9.17, 15) is 4.79 Å². The molecule has 1 aliphatic heterocycles. The summed E-state index contributed by atoms with van der Waals surface area (Å²) >= 11 is 6.17. The molecule has 1 aromatic heterocycles. The number of hydrogen-bond donors (Lipinski definition) is 1. The molecule has 5 nitrogen and oxygen atoms in total. The molecule has 3 aromatic rings. The minimum Gasteiger partial charge on any atom is -0.323 e. The molecule has 1 aliphatic rings. The number of anilines is 1. The van der Waals surface area contributed by atoms with Crippen molar-refractivity contribution in [1.82, 2.24) is 9.78 Å². The van der Waals surface area contributed by atoms with E-state index in [4.69, 9.17) is 11.6 Å². The predicted octanol–water partition coefficient (Wildman–Crippen LogP) is 4.24. The largest absolute Gasteiger partial charge is 0.323 e. The normalized spacial score (nSPS) is 12.6. The molecular formula is C20H17ClN4O. The minimum absolute atomic E-state index is 0.0890. The Morgan fingerprint density at radius 1 is 1.15 bits per heavy atom. The topological polar surface area (TPSA) is 59.3 Å². The van der Waals surface area contributed by atoms with E-state index in [-0.39, 0.29) is 12.3 Å². The first-order valence-electron chi connectivity index (χ1n) is 8.37. The second-order valence-corrected chi connectivity index (χ2v) is 6.63. The fourth-order valence-corrected chi connectivity index (χ4v) is 3.20. The number of benzene rings is 2. The Morgan fingerprint density at radius 3 is 2.81 bits per heavy atom. The second-order valence-electron chi connectivity index (χ2n) is 6.23. The molecule has 0 radical (unpaired) electrons. The van der Waals surface area contributed by atoms with E-state index in [1.54, 1.807) is 17.1 Å². The first kappa shape index (κ1) is 16.5.